The van der Waals surface area contributed by atoms with Crippen LogP contribution in [0, 0.1) is 0 Å². The van der Waals surface area contributed by atoms with E-state index in [0.29, 0.717) is 6.61 Å². The van der Waals surface area contributed by atoms with Gasteiger partial charge in [0.2, 0.25) is 5.13 Å². The number of benzene rings is 2. The molecule has 1 N–H and O–H groups in total. The molecule has 23 heavy (non-hydrogen) atoms. The van der Waals surface area contributed by atoms with Gasteiger partial charge in [0, 0.05) is 11.4 Å². The van der Waals surface area contributed by atoms with Crippen LogP contribution < -0.4 is 10.1 Å². The van der Waals surface area contributed by atoms with Crippen LogP contribution in [-0.2, 0) is 6.42 Å². The van der Waals surface area contributed by atoms with Crippen LogP contribution in [0.15, 0.2) is 48.5 Å². The lowest BCUT2D eigenvalue weighted by molar-refractivity contribution is 0.342. The Labute approximate surface area is 144 Å². The third-order valence-electron chi connectivity index (χ3n) is 3.16. The average Bonchev–Trinajstić information content (AvgIpc) is 2.99. The van der Waals surface area contributed by atoms with Crippen molar-refractivity contribution in [3.05, 3.63) is 64.1 Å². The first kappa shape index (κ1) is 15.8. The van der Waals surface area contributed by atoms with Crippen molar-refractivity contribution in [1.29, 1.82) is 0 Å². The predicted octanol–water partition coefficient (Wildman–Crippen LogP) is 4.92. The average molecular weight is 346 g/mol. The molecule has 0 saturated heterocycles. The molecule has 4 nitrogen and oxygen atoms in total. The van der Waals surface area contributed by atoms with E-state index in [-0.39, 0.29) is 0 Å². The van der Waals surface area contributed by atoms with Gasteiger partial charge in [0.25, 0.3) is 0 Å². The number of nitrogens with zero attached hydrogens (tertiary/aromatic N) is 2. The number of anilines is 2. The second kappa shape index (κ2) is 7.44. The van der Waals surface area contributed by atoms with Crippen LogP contribution >= 0.6 is 22.9 Å². The third kappa shape index (κ3) is 4.21. The summed E-state index contributed by atoms with van der Waals surface area (Å²) in [4.78, 5) is 0. The molecule has 0 spiro atoms. The Morgan fingerprint density at radius 2 is 1.87 bits per heavy atom. The van der Waals surface area contributed by atoms with Gasteiger partial charge in [-0.15, -0.1) is 10.2 Å². The Bertz CT molecular complexity index is 774. The van der Waals surface area contributed by atoms with Crippen LogP contribution in [0.1, 0.15) is 17.5 Å². The first-order chi connectivity index (χ1) is 11.2. The summed E-state index contributed by atoms with van der Waals surface area (Å²) in [6.07, 6.45) is 0.740. The second-order valence-electron chi connectivity index (χ2n) is 4.86. The van der Waals surface area contributed by atoms with Crippen molar-refractivity contribution in [1.82, 2.24) is 10.2 Å². The van der Waals surface area contributed by atoms with E-state index < -0.39 is 0 Å². The number of hydrogen-bond acceptors (Lipinski definition) is 5. The molecule has 1 aromatic heterocycles. The number of ether oxygens (including phenoxy) is 1. The van der Waals surface area contributed by atoms with Crippen molar-refractivity contribution in [2.75, 3.05) is 11.9 Å². The number of halogens is 1. The Morgan fingerprint density at radius 3 is 2.65 bits per heavy atom. The first-order valence-electron chi connectivity index (χ1n) is 7.30. The fraction of sp³-hybridized carbons (Fsp3) is 0.176. The highest BCUT2D eigenvalue weighted by atomic mass is 35.5. The molecule has 0 saturated carbocycles. The monoisotopic (exact) mass is 345 g/mol. The molecule has 0 bridgehead atoms. The van der Waals surface area contributed by atoms with E-state index in [1.807, 2.05) is 55.5 Å². The fourth-order valence-corrected chi connectivity index (χ4v) is 3.03. The summed E-state index contributed by atoms with van der Waals surface area (Å²) >= 11 is 7.43. The van der Waals surface area contributed by atoms with Crippen LogP contribution in [0.3, 0.4) is 0 Å². The Kier molecular flexibility index (Phi) is 5.10. The summed E-state index contributed by atoms with van der Waals surface area (Å²) in [5.41, 5.74) is 2.05. The van der Waals surface area contributed by atoms with Gasteiger partial charge in [0.15, 0.2) is 0 Å². The van der Waals surface area contributed by atoms with Crippen molar-refractivity contribution in [2.24, 2.45) is 0 Å². The molecule has 2 aromatic carbocycles. The van der Waals surface area contributed by atoms with Crippen LogP contribution in [0.25, 0.3) is 0 Å². The molecule has 3 aromatic rings. The largest absolute Gasteiger partial charge is 0.492 e. The smallest absolute Gasteiger partial charge is 0.210 e. The van der Waals surface area contributed by atoms with Crippen LogP contribution in [0.2, 0.25) is 5.02 Å². The zero-order valence-corrected chi connectivity index (χ0v) is 14.2. The van der Waals surface area contributed by atoms with Crippen molar-refractivity contribution in [2.45, 2.75) is 13.3 Å². The lowest BCUT2D eigenvalue weighted by Crippen LogP contribution is -1.97. The summed E-state index contributed by atoms with van der Waals surface area (Å²) in [6.45, 7) is 2.59. The van der Waals surface area contributed by atoms with Crippen LogP contribution in [-0.4, -0.2) is 16.8 Å². The third-order valence-corrected chi connectivity index (χ3v) is 4.25. The lowest BCUT2D eigenvalue weighted by atomic mass is 10.2. The molecule has 0 aliphatic heterocycles. The Balaban J connectivity index is 1.71. The number of hydrogen-bond donors (Lipinski definition) is 1. The van der Waals surface area contributed by atoms with Gasteiger partial charge in [-0.1, -0.05) is 47.2 Å². The zero-order valence-electron chi connectivity index (χ0n) is 12.6. The minimum Gasteiger partial charge on any atom is -0.492 e. The molecule has 0 radical (unpaired) electrons. The predicted molar refractivity (Wildman–Crippen MR) is 95.1 cm³/mol. The maximum atomic E-state index is 5.90. The van der Waals surface area contributed by atoms with Gasteiger partial charge in [-0.05, 0) is 36.8 Å². The van der Waals surface area contributed by atoms with E-state index >= 15 is 0 Å². The van der Waals surface area contributed by atoms with Crippen molar-refractivity contribution in [3.63, 3.8) is 0 Å². The SMILES string of the molecule is CCOc1ccccc1Nc1nnc(Cc2ccc(Cl)cc2)s1. The molecule has 0 unspecified atom stereocenters. The molecule has 0 aliphatic rings. The van der Waals surface area contributed by atoms with Crippen LogP contribution in [0.5, 0.6) is 5.75 Å². The van der Waals surface area contributed by atoms with Gasteiger partial charge in [-0.3, -0.25) is 0 Å². The minimum atomic E-state index is 0.622. The summed E-state index contributed by atoms with van der Waals surface area (Å²) in [6, 6.07) is 15.6. The quantitative estimate of drug-likeness (QED) is 0.688. The van der Waals surface area contributed by atoms with Crippen molar-refractivity contribution < 1.29 is 4.74 Å². The molecule has 6 heteroatoms. The van der Waals surface area contributed by atoms with Gasteiger partial charge in [0.1, 0.15) is 10.8 Å². The number of para-hydroxylation sites is 2. The zero-order chi connectivity index (χ0) is 16.1. The van der Waals surface area contributed by atoms with Gasteiger partial charge in [-0.25, -0.2) is 0 Å². The van der Waals surface area contributed by atoms with Crippen molar-refractivity contribution >= 4 is 33.8 Å². The van der Waals surface area contributed by atoms with E-state index in [1.54, 1.807) is 0 Å². The molecular weight excluding hydrogens is 330 g/mol. The van der Waals surface area contributed by atoms with Gasteiger partial charge in [0.05, 0.1) is 12.3 Å². The van der Waals surface area contributed by atoms with E-state index in [1.165, 1.54) is 11.3 Å². The maximum absolute atomic E-state index is 5.90. The number of nitrogens with one attached hydrogen (secondary N) is 1. The van der Waals surface area contributed by atoms with E-state index in [2.05, 4.69) is 15.5 Å². The maximum Gasteiger partial charge on any atom is 0.210 e. The lowest BCUT2D eigenvalue weighted by Gasteiger charge is -2.09. The van der Waals surface area contributed by atoms with E-state index in [4.69, 9.17) is 16.3 Å². The molecule has 3 rings (SSSR count). The molecule has 1 heterocycles. The second-order valence-corrected chi connectivity index (χ2v) is 6.36. The minimum absolute atomic E-state index is 0.622. The summed E-state index contributed by atoms with van der Waals surface area (Å²) in [7, 11) is 0. The van der Waals surface area contributed by atoms with Crippen molar-refractivity contribution in [3.8, 4) is 5.75 Å². The summed E-state index contributed by atoms with van der Waals surface area (Å²) in [5, 5.41) is 14.1. The van der Waals surface area contributed by atoms with E-state index in [0.717, 1.165) is 38.6 Å². The topological polar surface area (TPSA) is 47.0 Å². The standard InChI is InChI=1S/C17H16ClN3OS/c1-2-22-15-6-4-3-5-14(15)19-17-21-20-16(23-17)11-12-7-9-13(18)10-8-12/h3-10H,2,11H2,1H3,(H,19,21). The fourth-order valence-electron chi connectivity index (χ4n) is 2.12. The highest BCUT2D eigenvalue weighted by Gasteiger charge is 2.08. The van der Waals surface area contributed by atoms with Crippen LogP contribution in [0.4, 0.5) is 10.8 Å². The Hall–Kier alpha value is -2.11. The van der Waals surface area contributed by atoms with Gasteiger partial charge in [-0.2, -0.15) is 0 Å². The molecule has 0 atom stereocenters. The summed E-state index contributed by atoms with van der Waals surface area (Å²) in [5.74, 6) is 0.810. The molecule has 0 fully saturated rings. The summed E-state index contributed by atoms with van der Waals surface area (Å²) < 4.78 is 5.60. The molecule has 0 amide bonds. The number of aromatic nitrogens is 2. The molecular formula is C17H16ClN3OS. The highest BCUT2D eigenvalue weighted by Crippen LogP contribution is 2.29. The van der Waals surface area contributed by atoms with Gasteiger partial charge < -0.3 is 10.1 Å². The normalized spacial score (nSPS) is 10.5. The number of rotatable bonds is 6. The first-order valence-corrected chi connectivity index (χ1v) is 8.49. The molecule has 0 aliphatic carbocycles. The highest BCUT2D eigenvalue weighted by molar-refractivity contribution is 7.15. The van der Waals surface area contributed by atoms with E-state index in [9.17, 15) is 0 Å². The van der Waals surface area contributed by atoms with Gasteiger partial charge >= 0.3 is 0 Å². The molecule has 118 valence electrons. The Morgan fingerprint density at radius 1 is 1.09 bits per heavy atom.